The van der Waals surface area contributed by atoms with E-state index < -0.39 is 6.36 Å². The van der Waals surface area contributed by atoms with Gasteiger partial charge in [-0.3, -0.25) is 0 Å². The Hall–Kier alpha value is -1.17. The summed E-state index contributed by atoms with van der Waals surface area (Å²) in [5.41, 5.74) is 5.91. The number of halogens is 4. The number of nitrogens with two attached hydrogens (primary N) is 1. The molecule has 0 aliphatic heterocycles. The van der Waals surface area contributed by atoms with Gasteiger partial charge in [0.1, 0.15) is 0 Å². The molecular formula is C10H9BrF3NO. The molecule has 0 saturated heterocycles. The Morgan fingerprint density at radius 2 is 2.06 bits per heavy atom. The van der Waals surface area contributed by atoms with Crippen LogP contribution in [-0.4, -0.2) is 11.7 Å². The van der Waals surface area contributed by atoms with Crippen molar-refractivity contribution in [3.63, 3.8) is 0 Å². The second kappa shape index (κ2) is 5.25. The average Bonchev–Trinajstić information content (AvgIpc) is 2.17. The molecule has 2 N–H and O–H groups in total. The van der Waals surface area contributed by atoms with Crippen molar-refractivity contribution in [2.75, 3.05) is 11.1 Å². The van der Waals surface area contributed by atoms with Crippen LogP contribution in [0.3, 0.4) is 0 Å². The fraction of sp³-hybridized carbons (Fsp3) is 0.200. The van der Waals surface area contributed by atoms with E-state index >= 15 is 0 Å². The Labute approximate surface area is 99.0 Å². The van der Waals surface area contributed by atoms with E-state index in [1.54, 1.807) is 18.2 Å². The molecule has 0 amide bonds. The van der Waals surface area contributed by atoms with Gasteiger partial charge in [0.2, 0.25) is 0 Å². The van der Waals surface area contributed by atoms with Gasteiger partial charge >= 0.3 is 6.36 Å². The molecule has 0 aromatic heterocycles. The summed E-state index contributed by atoms with van der Waals surface area (Å²) in [4.78, 5) is 0. The van der Waals surface area contributed by atoms with E-state index in [-0.39, 0.29) is 11.4 Å². The molecule has 0 aliphatic rings. The predicted molar refractivity (Wildman–Crippen MR) is 60.4 cm³/mol. The van der Waals surface area contributed by atoms with E-state index in [0.29, 0.717) is 10.9 Å². The van der Waals surface area contributed by atoms with Crippen molar-refractivity contribution >= 4 is 27.7 Å². The van der Waals surface area contributed by atoms with Crippen molar-refractivity contribution in [3.05, 3.63) is 29.8 Å². The summed E-state index contributed by atoms with van der Waals surface area (Å²) >= 11 is 3.17. The van der Waals surface area contributed by atoms with Gasteiger partial charge in [-0.2, -0.15) is 0 Å². The molecule has 88 valence electrons. The van der Waals surface area contributed by atoms with Gasteiger partial charge in [-0.15, -0.1) is 13.2 Å². The first-order valence-corrected chi connectivity index (χ1v) is 5.42. The van der Waals surface area contributed by atoms with E-state index in [9.17, 15) is 13.2 Å². The molecule has 16 heavy (non-hydrogen) atoms. The van der Waals surface area contributed by atoms with Crippen LogP contribution in [0.15, 0.2) is 24.3 Å². The van der Waals surface area contributed by atoms with Gasteiger partial charge in [0.25, 0.3) is 0 Å². The zero-order chi connectivity index (χ0) is 12.2. The second-order valence-electron chi connectivity index (χ2n) is 2.90. The molecular weight excluding hydrogens is 287 g/mol. The van der Waals surface area contributed by atoms with Crippen LogP contribution in [-0.2, 0) is 0 Å². The van der Waals surface area contributed by atoms with E-state index in [1.807, 2.05) is 0 Å². The summed E-state index contributed by atoms with van der Waals surface area (Å²) in [7, 11) is 0. The van der Waals surface area contributed by atoms with Crippen LogP contribution in [0.2, 0.25) is 0 Å². The van der Waals surface area contributed by atoms with Crippen molar-refractivity contribution < 1.29 is 17.9 Å². The van der Waals surface area contributed by atoms with E-state index in [2.05, 4.69) is 20.7 Å². The molecule has 0 unspecified atom stereocenters. The fourth-order valence-electron chi connectivity index (χ4n) is 1.05. The van der Waals surface area contributed by atoms with Gasteiger partial charge in [0.15, 0.2) is 5.75 Å². The number of alkyl halides is 4. The molecule has 0 heterocycles. The molecule has 0 bridgehead atoms. The van der Waals surface area contributed by atoms with Crippen LogP contribution in [0.5, 0.6) is 5.75 Å². The molecule has 0 saturated carbocycles. The monoisotopic (exact) mass is 295 g/mol. The van der Waals surface area contributed by atoms with Crippen LogP contribution >= 0.6 is 15.9 Å². The number of hydrogen-bond donors (Lipinski definition) is 1. The zero-order valence-corrected chi connectivity index (χ0v) is 9.68. The smallest absolute Gasteiger partial charge is 0.404 e. The molecule has 0 fully saturated rings. The quantitative estimate of drug-likeness (QED) is 0.683. The molecule has 2 nitrogen and oxygen atoms in total. The lowest BCUT2D eigenvalue weighted by molar-refractivity contribution is -0.274. The molecule has 1 aromatic rings. The molecule has 0 radical (unpaired) electrons. The first-order chi connectivity index (χ1) is 7.42. The third-order valence-corrected chi connectivity index (χ3v) is 2.04. The van der Waals surface area contributed by atoms with Crippen LogP contribution in [0.1, 0.15) is 5.56 Å². The summed E-state index contributed by atoms with van der Waals surface area (Å²) in [6.07, 6.45) is -1.31. The minimum atomic E-state index is -4.73. The number of rotatable bonds is 3. The minimum absolute atomic E-state index is 0.0479. The second-order valence-corrected chi connectivity index (χ2v) is 3.55. The Morgan fingerprint density at radius 3 is 2.62 bits per heavy atom. The Kier molecular flexibility index (Phi) is 4.23. The average molecular weight is 296 g/mol. The third-order valence-electron chi connectivity index (χ3n) is 1.66. The van der Waals surface area contributed by atoms with Gasteiger partial charge in [-0.05, 0) is 17.7 Å². The number of hydrogen-bond acceptors (Lipinski definition) is 2. The van der Waals surface area contributed by atoms with E-state index in [1.165, 1.54) is 12.1 Å². The lowest BCUT2D eigenvalue weighted by Gasteiger charge is -2.11. The molecule has 6 heteroatoms. The standard InChI is InChI=1S/C10H9BrF3NO/c11-5-1-2-7-3-4-8(15)9(6-7)16-10(12,13)14/h1-4,6H,5,15H2. The van der Waals surface area contributed by atoms with Crippen molar-refractivity contribution in [1.82, 2.24) is 0 Å². The summed E-state index contributed by atoms with van der Waals surface area (Å²) in [6, 6.07) is 4.22. The lowest BCUT2D eigenvalue weighted by Crippen LogP contribution is -2.18. The van der Waals surface area contributed by atoms with Crippen molar-refractivity contribution in [3.8, 4) is 5.75 Å². The summed E-state index contributed by atoms with van der Waals surface area (Å²) in [6.45, 7) is 0. The topological polar surface area (TPSA) is 35.2 Å². The fourth-order valence-corrected chi connectivity index (χ4v) is 1.24. The maximum atomic E-state index is 12.0. The van der Waals surface area contributed by atoms with Crippen LogP contribution in [0.25, 0.3) is 6.08 Å². The van der Waals surface area contributed by atoms with Crippen molar-refractivity contribution in [2.45, 2.75) is 6.36 Å². The van der Waals surface area contributed by atoms with Gasteiger partial charge < -0.3 is 10.5 Å². The van der Waals surface area contributed by atoms with E-state index in [4.69, 9.17) is 5.73 Å². The van der Waals surface area contributed by atoms with Gasteiger partial charge in [-0.1, -0.05) is 34.1 Å². The van der Waals surface area contributed by atoms with Gasteiger partial charge in [-0.25, -0.2) is 0 Å². The highest BCUT2D eigenvalue weighted by atomic mass is 79.9. The number of nitrogen functional groups attached to an aromatic ring is 1. The van der Waals surface area contributed by atoms with Gasteiger partial charge in [0.05, 0.1) is 5.69 Å². The molecule has 0 atom stereocenters. The zero-order valence-electron chi connectivity index (χ0n) is 8.09. The summed E-state index contributed by atoms with van der Waals surface area (Å²) in [5.74, 6) is -0.385. The maximum absolute atomic E-state index is 12.0. The van der Waals surface area contributed by atoms with Crippen LogP contribution in [0.4, 0.5) is 18.9 Å². The van der Waals surface area contributed by atoms with Gasteiger partial charge in [0, 0.05) is 5.33 Å². The Balaban J connectivity index is 2.95. The maximum Gasteiger partial charge on any atom is 0.573 e. The first-order valence-electron chi connectivity index (χ1n) is 4.30. The Morgan fingerprint density at radius 1 is 1.38 bits per heavy atom. The van der Waals surface area contributed by atoms with Crippen molar-refractivity contribution in [1.29, 1.82) is 0 Å². The lowest BCUT2D eigenvalue weighted by atomic mass is 10.2. The molecule has 1 rings (SSSR count). The predicted octanol–water partition coefficient (Wildman–Crippen LogP) is 3.58. The van der Waals surface area contributed by atoms with Crippen LogP contribution in [0, 0.1) is 0 Å². The molecule has 0 spiro atoms. The number of anilines is 1. The van der Waals surface area contributed by atoms with Crippen LogP contribution < -0.4 is 10.5 Å². The number of ether oxygens (including phenoxy) is 1. The summed E-state index contributed by atoms with van der Waals surface area (Å²) in [5, 5.41) is 0.618. The number of benzene rings is 1. The highest BCUT2D eigenvalue weighted by Gasteiger charge is 2.31. The third kappa shape index (κ3) is 4.14. The first kappa shape index (κ1) is 12.9. The highest BCUT2D eigenvalue weighted by Crippen LogP contribution is 2.29. The largest absolute Gasteiger partial charge is 0.573 e. The highest BCUT2D eigenvalue weighted by molar-refractivity contribution is 9.09. The molecule has 0 aliphatic carbocycles. The normalized spacial score (nSPS) is 12.0. The van der Waals surface area contributed by atoms with E-state index in [0.717, 1.165) is 0 Å². The Bertz CT molecular complexity index is 390. The summed E-state index contributed by atoms with van der Waals surface area (Å²) < 4.78 is 39.8. The van der Waals surface area contributed by atoms with Crippen molar-refractivity contribution in [2.24, 2.45) is 0 Å². The SMILES string of the molecule is Nc1ccc(C=CCBr)cc1OC(F)(F)F. The number of allylic oxidation sites excluding steroid dienone is 1. The minimum Gasteiger partial charge on any atom is -0.404 e. The molecule has 1 aromatic carbocycles.